The quantitative estimate of drug-likeness (QED) is 0.607. The first-order valence-corrected chi connectivity index (χ1v) is 8.89. The third-order valence-electron chi connectivity index (χ3n) is 5.32. The topological polar surface area (TPSA) is 51.1 Å². The molecule has 1 aliphatic carbocycles. The molecule has 0 unspecified atom stereocenters. The minimum absolute atomic E-state index is 0.000334. The number of methoxy groups -OCH3 is 1. The van der Waals surface area contributed by atoms with Crippen molar-refractivity contribution in [1.29, 1.82) is 0 Å². The van der Waals surface area contributed by atoms with Crippen LogP contribution >= 0.6 is 0 Å². The number of oxime groups is 1. The van der Waals surface area contributed by atoms with Crippen molar-refractivity contribution in [2.75, 3.05) is 20.3 Å². The Morgan fingerprint density at radius 1 is 1.28 bits per heavy atom. The van der Waals surface area contributed by atoms with E-state index in [1.54, 1.807) is 13.3 Å². The van der Waals surface area contributed by atoms with E-state index in [1.165, 1.54) is 6.42 Å². The van der Waals surface area contributed by atoms with E-state index >= 15 is 0 Å². The fourth-order valence-electron chi connectivity index (χ4n) is 4.72. The molecule has 136 valence electrons. The maximum atomic E-state index is 12.5. The Balaban J connectivity index is 1.52. The maximum Gasteiger partial charge on any atom is 0.263 e. The van der Waals surface area contributed by atoms with Gasteiger partial charge in [0.15, 0.2) is 6.61 Å². The number of benzene rings is 1. The van der Waals surface area contributed by atoms with E-state index < -0.39 is 0 Å². The number of carbonyl (C=O) groups is 1. The molecule has 2 atom stereocenters. The molecular formula is C20H28N2O3. The van der Waals surface area contributed by atoms with Gasteiger partial charge in [-0.05, 0) is 59.9 Å². The molecule has 0 aromatic heterocycles. The van der Waals surface area contributed by atoms with Crippen molar-refractivity contribution < 1.29 is 14.4 Å². The van der Waals surface area contributed by atoms with E-state index in [4.69, 9.17) is 9.57 Å². The predicted octanol–water partition coefficient (Wildman–Crippen LogP) is 3.47. The number of rotatable bonds is 5. The lowest BCUT2D eigenvalue weighted by atomic mass is 9.65. The number of ether oxygens (including phenoxy) is 1. The van der Waals surface area contributed by atoms with Gasteiger partial charge < -0.3 is 14.5 Å². The molecular weight excluding hydrogens is 316 g/mol. The molecule has 0 radical (unpaired) electrons. The van der Waals surface area contributed by atoms with Gasteiger partial charge in [0, 0.05) is 12.6 Å². The van der Waals surface area contributed by atoms with Gasteiger partial charge in [0.2, 0.25) is 0 Å². The second-order valence-electron chi connectivity index (χ2n) is 8.52. The smallest absolute Gasteiger partial charge is 0.263 e. The van der Waals surface area contributed by atoms with Gasteiger partial charge in [-0.15, -0.1) is 0 Å². The Kier molecular flexibility index (Phi) is 4.76. The van der Waals surface area contributed by atoms with Gasteiger partial charge in [-0.1, -0.05) is 25.9 Å². The largest absolute Gasteiger partial charge is 0.497 e. The van der Waals surface area contributed by atoms with Crippen molar-refractivity contribution in [3.63, 3.8) is 0 Å². The highest BCUT2D eigenvalue weighted by Crippen LogP contribution is 2.52. The van der Waals surface area contributed by atoms with Crippen molar-refractivity contribution in [1.82, 2.24) is 4.90 Å². The standard InChI is InChI=1S/C20H28N2O3/c1-19(2)9-16-10-20(3,13-19)14-22(16)18(23)12-25-21-11-15-5-7-17(24-4)8-6-15/h5-8,11,16H,9-10,12-14H2,1-4H3/b21-11-/t16-,20-/m0/s1. The average Bonchev–Trinajstić information content (AvgIpc) is 2.81. The number of likely N-dealkylation sites (tertiary alicyclic amines) is 1. The first-order chi connectivity index (χ1) is 11.8. The SMILES string of the molecule is COc1ccc(/C=N\OCC(=O)N2C[C@@]3(C)C[C@@H]2CC(C)(C)C3)cc1. The van der Waals surface area contributed by atoms with Crippen LogP contribution in [0.4, 0.5) is 0 Å². The number of carbonyl (C=O) groups excluding carboxylic acids is 1. The normalized spacial score (nSPS) is 27.5. The van der Waals surface area contributed by atoms with Crippen molar-refractivity contribution >= 4 is 12.1 Å². The summed E-state index contributed by atoms with van der Waals surface area (Å²) in [5.74, 6) is 0.836. The molecule has 3 rings (SSSR count). The van der Waals surface area contributed by atoms with Gasteiger partial charge in [-0.25, -0.2) is 0 Å². The van der Waals surface area contributed by atoms with Crippen molar-refractivity contribution in [2.45, 2.75) is 46.1 Å². The van der Waals surface area contributed by atoms with Crippen LogP contribution in [-0.4, -0.2) is 43.3 Å². The second-order valence-corrected chi connectivity index (χ2v) is 8.52. The van der Waals surface area contributed by atoms with Crippen molar-refractivity contribution in [2.24, 2.45) is 16.0 Å². The van der Waals surface area contributed by atoms with Crippen molar-refractivity contribution in [3.8, 4) is 5.75 Å². The highest BCUT2D eigenvalue weighted by atomic mass is 16.6. The molecule has 1 amide bonds. The van der Waals surface area contributed by atoms with Gasteiger partial charge in [0.1, 0.15) is 5.75 Å². The van der Waals surface area contributed by atoms with Crippen LogP contribution < -0.4 is 4.74 Å². The second kappa shape index (κ2) is 6.70. The number of hydrogen-bond donors (Lipinski definition) is 0. The molecule has 2 fully saturated rings. The van der Waals surface area contributed by atoms with E-state index in [0.29, 0.717) is 11.5 Å². The van der Waals surface area contributed by atoms with E-state index in [9.17, 15) is 4.79 Å². The molecule has 0 spiro atoms. The zero-order valence-corrected chi connectivity index (χ0v) is 15.6. The summed E-state index contributed by atoms with van der Waals surface area (Å²) in [5, 5.41) is 3.93. The highest BCUT2D eigenvalue weighted by Gasteiger charge is 2.50. The summed E-state index contributed by atoms with van der Waals surface area (Å²) >= 11 is 0. The lowest BCUT2D eigenvalue weighted by Crippen LogP contribution is -2.39. The van der Waals surface area contributed by atoms with Crippen LogP contribution in [0.3, 0.4) is 0 Å². The van der Waals surface area contributed by atoms with Crippen LogP contribution in [0, 0.1) is 10.8 Å². The van der Waals surface area contributed by atoms with Crippen LogP contribution in [0.15, 0.2) is 29.4 Å². The highest BCUT2D eigenvalue weighted by molar-refractivity contribution is 5.80. The summed E-state index contributed by atoms with van der Waals surface area (Å²) in [6, 6.07) is 7.84. The molecule has 1 aromatic carbocycles. The van der Waals surface area contributed by atoms with E-state index in [2.05, 4.69) is 25.9 Å². The van der Waals surface area contributed by atoms with Crippen molar-refractivity contribution in [3.05, 3.63) is 29.8 Å². The fourth-order valence-corrected chi connectivity index (χ4v) is 4.72. The van der Waals surface area contributed by atoms with Crippen LogP contribution in [0.2, 0.25) is 0 Å². The summed E-state index contributed by atoms with van der Waals surface area (Å²) < 4.78 is 5.11. The molecule has 5 heteroatoms. The third-order valence-corrected chi connectivity index (χ3v) is 5.32. The molecule has 1 aromatic rings. The molecule has 1 heterocycles. The third kappa shape index (κ3) is 4.14. The molecule has 2 bridgehead atoms. The summed E-state index contributed by atoms with van der Waals surface area (Å²) in [6.45, 7) is 7.75. The van der Waals surface area contributed by atoms with E-state index in [1.807, 2.05) is 29.2 Å². The van der Waals surface area contributed by atoms with Gasteiger partial charge >= 0.3 is 0 Å². The summed E-state index contributed by atoms with van der Waals surface area (Å²) in [4.78, 5) is 19.8. The van der Waals surface area contributed by atoms with E-state index in [0.717, 1.165) is 30.7 Å². The lowest BCUT2D eigenvalue weighted by Gasteiger charge is -2.39. The first kappa shape index (κ1) is 17.8. The Morgan fingerprint density at radius 2 is 2.00 bits per heavy atom. The number of amides is 1. The molecule has 25 heavy (non-hydrogen) atoms. The first-order valence-electron chi connectivity index (χ1n) is 8.89. The number of hydrogen-bond acceptors (Lipinski definition) is 4. The van der Waals surface area contributed by atoms with Crippen LogP contribution in [-0.2, 0) is 9.63 Å². The van der Waals surface area contributed by atoms with Crippen LogP contribution in [0.25, 0.3) is 0 Å². The van der Waals surface area contributed by atoms with Gasteiger partial charge in [-0.3, -0.25) is 4.79 Å². The number of fused-ring (bicyclic) bond motifs is 2. The lowest BCUT2D eigenvalue weighted by molar-refractivity contribution is -0.137. The van der Waals surface area contributed by atoms with Crippen LogP contribution in [0.5, 0.6) is 5.75 Å². The molecule has 5 nitrogen and oxygen atoms in total. The Bertz CT molecular complexity index is 653. The number of nitrogens with zero attached hydrogens (tertiary/aromatic N) is 2. The minimum Gasteiger partial charge on any atom is -0.497 e. The summed E-state index contributed by atoms with van der Waals surface area (Å²) in [7, 11) is 1.63. The monoisotopic (exact) mass is 344 g/mol. The zero-order chi connectivity index (χ0) is 18.1. The van der Waals surface area contributed by atoms with Gasteiger partial charge in [0.05, 0.1) is 13.3 Å². The Hall–Kier alpha value is -2.04. The Morgan fingerprint density at radius 3 is 2.68 bits per heavy atom. The molecule has 1 aliphatic heterocycles. The molecule has 1 saturated heterocycles. The molecule has 0 N–H and O–H groups in total. The minimum atomic E-state index is -0.000334. The fraction of sp³-hybridized carbons (Fsp3) is 0.600. The van der Waals surface area contributed by atoms with Crippen LogP contribution in [0.1, 0.15) is 45.6 Å². The molecule has 1 saturated carbocycles. The maximum absolute atomic E-state index is 12.5. The molecule has 2 aliphatic rings. The predicted molar refractivity (Wildman–Crippen MR) is 97.8 cm³/mol. The summed E-state index contributed by atoms with van der Waals surface area (Å²) in [6.07, 6.45) is 4.97. The van der Waals surface area contributed by atoms with Gasteiger partial charge in [-0.2, -0.15) is 0 Å². The Labute approximate surface area is 150 Å². The van der Waals surface area contributed by atoms with Gasteiger partial charge in [0.25, 0.3) is 5.91 Å². The average molecular weight is 344 g/mol. The zero-order valence-electron chi connectivity index (χ0n) is 15.6. The summed E-state index contributed by atoms with van der Waals surface area (Å²) in [5.41, 5.74) is 1.45. The van der Waals surface area contributed by atoms with E-state index in [-0.39, 0.29) is 17.9 Å².